The van der Waals surface area contributed by atoms with Crippen LogP contribution >= 0.6 is 0 Å². The first kappa shape index (κ1) is 89.6. The number of benzene rings is 24. The smallest absolute Gasteiger partial charge is 0.000112 e. The van der Waals surface area contributed by atoms with Gasteiger partial charge in [0.25, 0.3) is 0 Å². The normalized spacial score (nSPS) is 11.6. The molecule has 0 heterocycles. The average molecular weight is 1870 g/mol. The van der Waals surface area contributed by atoms with Crippen molar-refractivity contribution in [1.29, 1.82) is 0 Å². The van der Waals surface area contributed by atoms with Crippen molar-refractivity contribution in [3.05, 3.63) is 616 Å². The van der Waals surface area contributed by atoms with E-state index in [1.165, 1.54) is 267 Å². The fraction of sp³-hybridized carbons (Fsp3) is 0.0204. The predicted molar refractivity (Wildman–Crippen MR) is 622 cm³/mol. The van der Waals surface area contributed by atoms with E-state index in [1.54, 1.807) is 0 Å². The summed E-state index contributed by atoms with van der Waals surface area (Å²) in [5, 5.41) is 0. The molecule has 0 saturated carbocycles. The summed E-state index contributed by atoms with van der Waals surface area (Å²) in [4.78, 5) is 0. The minimum absolute atomic E-state index is 0.920. The molecule has 0 amide bonds. The summed E-state index contributed by atoms with van der Waals surface area (Å²) < 4.78 is 0. The first-order valence-electron chi connectivity index (χ1n) is 51.1. The van der Waals surface area contributed by atoms with Crippen LogP contribution in [-0.4, -0.2) is 0 Å². The molecule has 24 aromatic rings. The zero-order chi connectivity index (χ0) is 97.7. The Kier molecular flexibility index (Phi) is 24.6. The van der Waals surface area contributed by atoms with Crippen LogP contribution < -0.4 is 0 Å². The van der Waals surface area contributed by atoms with Crippen molar-refractivity contribution < 1.29 is 0 Å². The zero-order valence-corrected chi connectivity index (χ0v) is 81.5. The maximum atomic E-state index is 2.42. The van der Waals surface area contributed by atoms with Crippen LogP contribution in [0, 0.1) is 0 Å². The van der Waals surface area contributed by atoms with E-state index < -0.39 is 0 Å². The van der Waals surface area contributed by atoms with Gasteiger partial charge in [-0.3, -0.25) is 0 Å². The van der Waals surface area contributed by atoms with Crippen molar-refractivity contribution in [2.45, 2.75) is 19.3 Å². The van der Waals surface area contributed by atoms with Crippen LogP contribution in [0.4, 0.5) is 0 Å². The number of rotatable bonds is 18. The van der Waals surface area contributed by atoms with Gasteiger partial charge in [0.15, 0.2) is 0 Å². The molecule has 0 saturated heterocycles. The van der Waals surface area contributed by atoms with Crippen molar-refractivity contribution >= 4 is 0 Å². The molecule has 0 radical (unpaired) electrons. The van der Waals surface area contributed by atoms with Gasteiger partial charge in [0, 0.05) is 0 Å². The third kappa shape index (κ3) is 18.7. The quantitative estimate of drug-likeness (QED) is 0.0803. The lowest BCUT2D eigenvalue weighted by molar-refractivity contribution is 1.26. The molecule has 27 rings (SSSR count). The maximum Gasteiger partial charge on any atom is -0.000112 e. The molecule has 0 N–H and O–H groups in total. The summed E-state index contributed by atoms with van der Waals surface area (Å²) in [5.74, 6) is 0. The van der Waals surface area contributed by atoms with Crippen molar-refractivity contribution in [3.63, 3.8) is 0 Å². The summed E-state index contributed by atoms with van der Waals surface area (Å²) >= 11 is 0. The third-order valence-electron chi connectivity index (χ3n) is 29.9. The molecule has 0 spiro atoms. The van der Waals surface area contributed by atoms with E-state index in [0.29, 0.717) is 0 Å². The van der Waals surface area contributed by atoms with E-state index in [0.717, 1.165) is 19.3 Å². The molecule has 3 aliphatic rings. The second-order valence-electron chi connectivity index (χ2n) is 38.7. The molecule has 0 aromatic heterocycles. The Morgan fingerprint density at radius 1 is 0.0748 bits per heavy atom. The van der Waals surface area contributed by atoms with Gasteiger partial charge < -0.3 is 0 Å². The van der Waals surface area contributed by atoms with Crippen molar-refractivity contribution in [2.75, 3.05) is 0 Å². The van der Waals surface area contributed by atoms with E-state index in [9.17, 15) is 0 Å². The molecule has 3 aliphatic carbocycles. The second-order valence-corrected chi connectivity index (χ2v) is 38.7. The molecule has 0 bridgehead atoms. The Balaban J connectivity index is 0.000000115. The molecular weight excluding hydrogens is 1770 g/mol. The van der Waals surface area contributed by atoms with Gasteiger partial charge in [-0.2, -0.15) is 0 Å². The molecule has 147 heavy (non-hydrogen) atoms. The van der Waals surface area contributed by atoms with E-state index in [2.05, 4.69) is 582 Å². The molecule has 24 aromatic carbocycles. The van der Waals surface area contributed by atoms with Crippen LogP contribution in [0.3, 0.4) is 0 Å². The average Bonchev–Trinajstić information content (AvgIpc) is 1.64. The lowest BCUT2D eigenvalue weighted by Crippen LogP contribution is -1.92. The molecule has 0 heteroatoms. The summed E-state index contributed by atoms with van der Waals surface area (Å²) in [6.45, 7) is 0. The van der Waals surface area contributed by atoms with E-state index in [1.807, 2.05) is 0 Å². The van der Waals surface area contributed by atoms with Gasteiger partial charge in [-0.1, -0.05) is 528 Å². The van der Waals surface area contributed by atoms with Crippen LogP contribution in [0.2, 0.25) is 0 Å². The Bertz CT molecular complexity index is 8730. The summed E-state index contributed by atoms with van der Waals surface area (Å²) in [6, 6.07) is 212. The minimum atomic E-state index is 0.920. The van der Waals surface area contributed by atoms with Crippen LogP contribution in [0.5, 0.6) is 0 Å². The molecular formula is C147H102. The van der Waals surface area contributed by atoms with E-state index in [-0.39, 0.29) is 0 Å². The van der Waals surface area contributed by atoms with Crippen molar-refractivity contribution in [1.82, 2.24) is 0 Å². The standard InChI is InChI=1S/3C49H34/c1-3-11-34(12-4-1)36-23-27-38(28-24-36)40-15-7-17-42(31-40)44-19-9-21-46-47-22-10-20-45(49(47)33-48(44)46)43-18-8-16-41(32-43)39-29-25-37(26-30-39)35-13-5-2-6-14-35;1-3-10-34(11-4-1)36-20-24-38(25-21-36)40-14-7-16-42(30-40)43-28-29-45-33-49-46(18-9-19-47(49)48(45)32-43)44-17-8-15-41(31-44)39-26-22-37(23-27-39)35-12-5-2-6-13-35;1-3-11-34(12-4-1)36-21-25-38(26-22-36)40-16-9-18-42(29-40)45-32-47(49-31-44-15-7-8-20-46(44)48(49)33-45)43-19-10-17-41(30-43)39-27-23-37(24-28-39)35-13-5-2-6-14-35/h2*1-32H,33H2;1-30,32-33H,31H2. The molecule has 0 nitrogen and oxygen atoms in total. The number of hydrogen-bond donors (Lipinski definition) is 0. The highest BCUT2D eigenvalue weighted by Gasteiger charge is 2.29. The molecule has 0 fully saturated rings. The van der Waals surface area contributed by atoms with Gasteiger partial charge in [-0.05, 0) is 341 Å². The van der Waals surface area contributed by atoms with Gasteiger partial charge in [0.05, 0.1) is 0 Å². The lowest BCUT2D eigenvalue weighted by atomic mass is 9.89. The molecule has 690 valence electrons. The van der Waals surface area contributed by atoms with Crippen LogP contribution in [0.15, 0.2) is 582 Å². The summed E-state index contributed by atoms with van der Waals surface area (Å²) in [6.07, 6.45) is 2.82. The van der Waals surface area contributed by atoms with Crippen molar-refractivity contribution in [3.8, 4) is 234 Å². The first-order chi connectivity index (χ1) is 72.8. The second kappa shape index (κ2) is 40.4. The molecule has 0 unspecified atom stereocenters. The largest absolute Gasteiger partial charge is 0.0622 e. The zero-order valence-electron chi connectivity index (χ0n) is 81.5. The van der Waals surface area contributed by atoms with Gasteiger partial charge in [0.2, 0.25) is 0 Å². The summed E-state index contributed by atoms with van der Waals surface area (Å²) in [7, 11) is 0. The monoisotopic (exact) mass is 1870 g/mol. The van der Waals surface area contributed by atoms with Crippen LogP contribution in [0.25, 0.3) is 234 Å². The highest BCUT2D eigenvalue weighted by Crippen LogP contribution is 2.51. The van der Waals surface area contributed by atoms with Gasteiger partial charge in [-0.25, -0.2) is 0 Å². The molecule has 0 aliphatic heterocycles. The first-order valence-corrected chi connectivity index (χ1v) is 51.1. The highest BCUT2D eigenvalue weighted by molar-refractivity contribution is 5.96. The Morgan fingerprint density at radius 3 is 0.544 bits per heavy atom. The Morgan fingerprint density at radius 2 is 0.238 bits per heavy atom. The van der Waals surface area contributed by atoms with Gasteiger partial charge in [-0.15, -0.1) is 0 Å². The fourth-order valence-electron chi connectivity index (χ4n) is 22.2. The van der Waals surface area contributed by atoms with Crippen LogP contribution in [0.1, 0.15) is 33.4 Å². The minimum Gasteiger partial charge on any atom is -0.0622 e. The van der Waals surface area contributed by atoms with E-state index in [4.69, 9.17) is 0 Å². The predicted octanol–water partition coefficient (Wildman–Crippen LogP) is 39.8. The summed E-state index contributed by atoms with van der Waals surface area (Å²) in [5.41, 5.74) is 61.4. The van der Waals surface area contributed by atoms with Gasteiger partial charge >= 0.3 is 0 Å². The Hall–Kier alpha value is -18.7. The van der Waals surface area contributed by atoms with Crippen LogP contribution in [-0.2, 0) is 19.3 Å². The third-order valence-corrected chi connectivity index (χ3v) is 29.9. The van der Waals surface area contributed by atoms with E-state index >= 15 is 0 Å². The Labute approximate surface area is 862 Å². The number of hydrogen-bond acceptors (Lipinski definition) is 0. The number of fused-ring (bicyclic) bond motifs is 9. The van der Waals surface area contributed by atoms with Crippen molar-refractivity contribution in [2.24, 2.45) is 0 Å². The SMILES string of the molecule is c1ccc(-c2ccc(-c3cccc(-c4cc(-c5cccc(-c6ccc(-c7ccccc7)cc6)c5)c5c(c4)-c4ccccc4C5)c3)cc2)cc1.c1ccc(-c2ccc(-c3cccc(-c4ccc5c(c4)-c4cccc(-c6cccc(-c7ccc(-c8ccccc8)cc7)c6)c4C5)c3)cc2)cc1.c1ccc(-c2ccc(-c3cccc(-c4cccc5c4Cc4c(-c6cccc(-c7ccc(-c8ccccc8)cc7)c6)cccc4-5)c3)cc2)cc1. The molecule has 0 atom stereocenters. The fourth-order valence-corrected chi connectivity index (χ4v) is 22.2. The topological polar surface area (TPSA) is 0 Å². The van der Waals surface area contributed by atoms with Gasteiger partial charge in [0.1, 0.15) is 0 Å². The lowest BCUT2D eigenvalue weighted by Gasteiger charge is -2.15. The highest BCUT2D eigenvalue weighted by atomic mass is 14.3. The maximum absolute atomic E-state index is 2.42.